The molecule has 2 aromatic rings. The van der Waals surface area contributed by atoms with E-state index in [1.807, 2.05) is 0 Å². The lowest BCUT2D eigenvalue weighted by Crippen LogP contribution is -2.13. The zero-order valence-corrected chi connectivity index (χ0v) is 11.0. The second kappa shape index (κ2) is 5.58. The van der Waals surface area contributed by atoms with Crippen LogP contribution in [0.25, 0.3) is 0 Å². The number of aryl methyl sites for hydroxylation is 1. The predicted octanol–water partition coefficient (Wildman–Crippen LogP) is 3.00. The van der Waals surface area contributed by atoms with Gasteiger partial charge in [-0.05, 0) is 25.1 Å². The minimum absolute atomic E-state index is 0.0415. The third-order valence-electron chi connectivity index (χ3n) is 2.87. The smallest absolute Gasteiger partial charge is 0.273 e. The van der Waals surface area contributed by atoms with E-state index in [4.69, 9.17) is 5.11 Å². The van der Waals surface area contributed by atoms with Crippen molar-refractivity contribution in [2.45, 2.75) is 6.92 Å². The van der Waals surface area contributed by atoms with E-state index in [0.717, 1.165) is 12.1 Å². The molecule has 0 aromatic heterocycles. The lowest BCUT2D eigenvalue weighted by Gasteiger charge is -2.07. The Morgan fingerprint density at radius 1 is 1.29 bits per heavy atom. The van der Waals surface area contributed by atoms with Gasteiger partial charge in [0.2, 0.25) is 0 Å². The van der Waals surface area contributed by atoms with Gasteiger partial charge < -0.3 is 10.4 Å². The van der Waals surface area contributed by atoms with Gasteiger partial charge in [-0.2, -0.15) is 0 Å². The van der Waals surface area contributed by atoms with Crippen LogP contribution in [-0.2, 0) is 0 Å². The van der Waals surface area contributed by atoms with Crippen LogP contribution in [0.4, 0.5) is 15.8 Å². The number of aromatic hydroxyl groups is 1. The van der Waals surface area contributed by atoms with Crippen LogP contribution in [0, 0.1) is 22.9 Å². The van der Waals surface area contributed by atoms with E-state index in [1.54, 1.807) is 6.92 Å². The number of nitrogens with one attached hydrogen (secondary N) is 1. The molecule has 6 nitrogen and oxygen atoms in total. The molecule has 1 amide bonds. The molecular formula is C14H11FN2O4. The number of benzene rings is 2. The zero-order valence-electron chi connectivity index (χ0n) is 11.0. The number of halogens is 1. The molecule has 0 heterocycles. The quantitative estimate of drug-likeness (QED) is 0.516. The first-order chi connectivity index (χ1) is 9.88. The first kappa shape index (κ1) is 14.4. The van der Waals surface area contributed by atoms with Crippen LogP contribution >= 0.6 is 0 Å². The molecule has 2 rings (SSSR count). The number of nitro groups is 1. The van der Waals surface area contributed by atoms with Crippen molar-refractivity contribution in [1.29, 1.82) is 0 Å². The number of nitrogens with zero attached hydrogens (tertiary/aromatic N) is 1. The van der Waals surface area contributed by atoms with Crippen molar-refractivity contribution in [1.82, 2.24) is 0 Å². The number of anilines is 1. The number of carbonyl (C=O) groups is 1. The van der Waals surface area contributed by atoms with Gasteiger partial charge in [0.1, 0.15) is 11.6 Å². The molecule has 0 aliphatic heterocycles. The molecule has 21 heavy (non-hydrogen) atoms. The van der Waals surface area contributed by atoms with E-state index in [-0.39, 0.29) is 22.7 Å². The third-order valence-corrected chi connectivity index (χ3v) is 2.87. The van der Waals surface area contributed by atoms with Crippen molar-refractivity contribution < 1.29 is 19.2 Å². The molecule has 2 aromatic carbocycles. The maximum absolute atomic E-state index is 13.5. The van der Waals surface area contributed by atoms with Gasteiger partial charge in [-0.15, -0.1) is 0 Å². The Labute approximate surface area is 119 Å². The Hall–Kier alpha value is -2.96. The summed E-state index contributed by atoms with van der Waals surface area (Å²) in [5, 5.41) is 22.2. The van der Waals surface area contributed by atoms with Crippen LogP contribution in [0.1, 0.15) is 15.9 Å². The van der Waals surface area contributed by atoms with E-state index in [2.05, 4.69) is 5.32 Å². The zero-order chi connectivity index (χ0) is 15.6. The Balaban J connectivity index is 2.28. The van der Waals surface area contributed by atoms with Gasteiger partial charge in [0.25, 0.3) is 11.6 Å². The highest BCUT2D eigenvalue weighted by Gasteiger charge is 2.16. The first-order valence-electron chi connectivity index (χ1n) is 5.93. The molecule has 2 N–H and O–H groups in total. The summed E-state index contributed by atoms with van der Waals surface area (Å²) in [6.45, 7) is 1.56. The monoisotopic (exact) mass is 290 g/mol. The van der Waals surface area contributed by atoms with E-state index in [9.17, 15) is 19.3 Å². The number of phenols is 1. The lowest BCUT2D eigenvalue weighted by molar-refractivity contribution is -0.385. The van der Waals surface area contributed by atoms with E-state index < -0.39 is 16.6 Å². The average molecular weight is 290 g/mol. The molecule has 0 saturated heterocycles. The fourth-order valence-corrected chi connectivity index (χ4v) is 1.75. The highest BCUT2D eigenvalue weighted by atomic mass is 19.1. The number of hydrogen-bond donors (Lipinski definition) is 2. The summed E-state index contributed by atoms with van der Waals surface area (Å²) in [7, 11) is 0. The van der Waals surface area contributed by atoms with Gasteiger partial charge in [0.15, 0.2) is 0 Å². The van der Waals surface area contributed by atoms with Gasteiger partial charge in [-0.25, -0.2) is 4.39 Å². The van der Waals surface area contributed by atoms with Gasteiger partial charge in [0, 0.05) is 23.3 Å². The van der Waals surface area contributed by atoms with Gasteiger partial charge in [0.05, 0.1) is 10.6 Å². The number of rotatable bonds is 3. The average Bonchev–Trinajstić information content (AvgIpc) is 2.42. The van der Waals surface area contributed by atoms with E-state index in [0.29, 0.717) is 5.56 Å². The first-order valence-corrected chi connectivity index (χ1v) is 5.93. The normalized spacial score (nSPS) is 10.2. The minimum Gasteiger partial charge on any atom is -0.508 e. The summed E-state index contributed by atoms with van der Waals surface area (Å²) in [5.74, 6) is -1.75. The number of carbonyl (C=O) groups excluding carboxylic acids is 1. The molecule has 0 fully saturated rings. The topological polar surface area (TPSA) is 92.5 Å². The molecule has 0 radical (unpaired) electrons. The second-order valence-corrected chi connectivity index (χ2v) is 4.38. The molecule has 108 valence electrons. The Morgan fingerprint density at radius 3 is 2.62 bits per heavy atom. The van der Waals surface area contributed by atoms with E-state index in [1.165, 1.54) is 24.3 Å². The van der Waals surface area contributed by atoms with Crippen LogP contribution in [0.5, 0.6) is 5.75 Å². The van der Waals surface area contributed by atoms with Crippen LogP contribution in [0.15, 0.2) is 36.4 Å². The van der Waals surface area contributed by atoms with Crippen molar-refractivity contribution in [2.75, 3.05) is 5.32 Å². The van der Waals surface area contributed by atoms with Crippen molar-refractivity contribution in [3.63, 3.8) is 0 Å². The summed E-state index contributed by atoms with van der Waals surface area (Å²) in [6.07, 6.45) is 0. The van der Waals surface area contributed by atoms with Crippen LogP contribution in [0.3, 0.4) is 0 Å². The fourth-order valence-electron chi connectivity index (χ4n) is 1.75. The van der Waals surface area contributed by atoms with Gasteiger partial charge >= 0.3 is 0 Å². The minimum atomic E-state index is -0.801. The maximum Gasteiger partial charge on any atom is 0.273 e. The van der Waals surface area contributed by atoms with E-state index >= 15 is 0 Å². The van der Waals surface area contributed by atoms with Gasteiger partial charge in [-0.3, -0.25) is 14.9 Å². The lowest BCUT2D eigenvalue weighted by atomic mass is 10.1. The number of phenolic OH excluding ortho intramolecular Hbond substituents is 1. The van der Waals surface area contributed by atoms with Crippen LogP contribution in [-0.4, -0.2) is 15.9 Å². The standard InChI is InChI=1S/C14H11FN2O4/c1-8-2-3-9(6-13(8)17(20)21)14(19)16-12-5-4-10(18)7-11(12)15/h2-7,18H,1H3,(H,16,19). The molecule has 0 aliphatic rings. The maximum atomic E-state index is 13.5. The highest BCUT2D eigenvalue weighted by molar-refractivity contribution is 6.04. The SMILES string of the molecule is Cc1ccc(C(=O)Nc2ccc(O)cc2F)cc1[N+](=O)[O-]. The molecule has 0 saturated carbocycles. The predicted molar refractivity (Wildman–Crippen MR) is 73.9 cm³/mol. The fraction of sp³-hybridized carbons (Fsp3) is 0.0714. The summed E-state index contributed by atoms with van der Waals surface area (Å²) in [4.78, 5) is 22.2. The number of amides is 1. The number of nitro benzene ring substituents is 1. The molecule has 0 aliphatic carbocycles. The summed E-state index contributed by atoms with van der Waals surface area (Å²) < 4.78 is 13.5. The van der Waals surface area contributed by atoms with Crippen molar-refractivity contribution >= 4 is 17.3 Å². The molecule has 0 bridgehead atoms. The second-order valence-electron chi connectivity index (χ2n) is 4.38. The summed E-state index contributed by atoms with van der Waals surface area (Å²) in [5.41, 5.74) is 0.155. The van der Waals surface area contributed by atoms with Gasteiger partial charge in [-0.1, -0.05) is 6.07 Å². The third kappa shape index (κ3) is 3.14. The largest absolute Gasteiger partial charge is 0.508 e. The molecule has 0 atom stereocenters. The van der Waals surface area contributed by atoms with Crippen LogP contribution < -0.4 is 5.32 Å². The van der Waals surface area contributed by atoms with Crippen molar-refractivity contribution in [3.8, 4) is 5.75 Å². The summed E-state index contributed by atoms with van der Waals surface area (Å²) >= 11 is 0. The van der Waals surface area contributed by atoms with Crippen molar-refractivity contribution in [2.24, 2.45) is 0 Å². The Morgan fingerprint density at radius 2 is 2.00 bits per heavy atom. The number of hydrogen-bond acceptors (Lipinski definition) is 4. The molecular weight excluding hydrogens is 279 g/mol. The molecule has 7 heteroatoms. The Bertz CT molecular complexity index is 731. The van der Waals surface area contributed by atoms with Crippen molar-refractivity contribution in [3.05, 3.63) is 63.5 Å². The molecule has 0 spiro atoms. The Kier molecular flexibility index (Phi) is 3.84. The molecule has 0 unspecified atom stereocenters. The highest BCUT2D eigenvalue weighted by Crippen LogP contribution is 2.22. The summed E-state index contributed by atoms with van der Waals surface area (Å²) in [6, 6.07) is 7.26. The van der Waals surface area contributed by atoms with Crippen LogP contribution in [0.2, 0.25) is 0 Å².